The van der Waals surface area contributed by atoms with E-state index in [2.05, 4.69) is 26.4 Å². The first kappa shape index (κ1) is 19.9. The highest BCUT2D eigenvalue weighted by atomic mass is 16.2. The Morgan fingerprint density at radius 3 is 2.43 bits per heavy atom. The molecule has 3 atom stereocenters. The Morgan fingerprint density at radius 1 is 1.14 bits per heavy atom. The van der Waals surface area contributed by atoms with Crippen LogP contribution in [0.5, 0.6) is 0 Å². The molecule has 150 valence electrons. The third-order valence-corrected chi connectivity index (χ3v) is 4.89. The Hall–Kier alpha value is -2.87. The Kier molecular flexibility index (Phi) is 5.42. The number of amides is 3. The van der Waals surface area contributed by atoms with Crippen molar-refractivity contribution in [3.8, 4) is 0 Å². The van der Waals surface area contributed by atoms with Gasteiger partial charge in [-0.15, -0.1) is 0 Å². The molecule has 1 aliphatic heterocycles. The molecular weight excluding hydrogens is 356 g/mol. The second-order valence-electron chi connectivity index (χ2n) is 8.21. The van der Waals surface area contributed by atoms with Crippen LogP contribution >= 0.6 is 0 Å². The average Bonchev–Trinajstić information content (AvgIpc) is 3.04. The quantitative estimate of drug-likeness (QED) is 0.653. The van der Waals surface area contributed by atoms with Crippen molar-refractivity contribution in [2.75, 3.05) is 10.6 Å². The maximum atomic E-state index is 12.5. The van der Waals surface area contributed by atoms with E-state index in [1.54, 1.807) is 4.68 Å². The van der Waals surface area contributed by atoms with Crippen molar-refractivity contribution in [3.05, 3.63) is 42.1 Å². The molecule has 1 aromatic carbocycles. The molecule has 0 saturated carbocycles. The van der Waals surface area contributed by atoms with Gasteiger partial charge in [-0.1, -0.05) is 45.9 Å². The van der Waals surface area contributed by atoms with Crippen LogP contribution in [0, 0.1) is 5.92 Å². The van der Waals surface area contributed by atoms with Crippen LogP contribution in [0.3, 0.4) is 0 Å². The molecule has 1 aliphatic rings. The van der Waals surface area contributed by atoms with Gasteiger partial charge in [0.1, 0.15) is 5.82 Å². The molecule has 3 unspecified atom stereocenters. The summed E-state index contributed by atoms with van der Waals surface area (Å²) in [6.07, 6.45) is -0.540. The monoisotopic (exact) mass is 384 g/mol. The van der Waals surface area contributed by atoms with Crippen molar-refractivity contribution < 1.29 is 9.59 Å². The van der Waals surface area contributed by atoms with Crippen molar-refractivity contribution in [2.45, 2.75) is 52.4 Å². The highest BCUT2D eigenvalue weighted by molar-refractivity contribution is 5.99. The van der Waals surface area contributed by atoms with Gasteiger partial charge in [0.15, 0.2) is 6.29 Å². The molecule has 28 heavy (non-hydrogen) atoms. The number of benzene rings is 1. The fourth-order valence-corrected chi connectivity index (χ4v) is 2.91. The van der Waals surface area contributed by atoms with Crippen LogP contribution in [0.4, 0.5) is 16.3 Å². The number of urea groups is 1. The van der Waals surface area contributed by atoms with Gasteiger partial charge < -0.3 is 10.6 Å². The third kappa shape index (κ3) is 4.33. The van der Waals surface area contributed by atoms with Crippen molar-refractivity contribution in [3.63, 3.8) is 0 Å². The number of carbonyl (C=O) groups is 2. The first-order valence-electron chi connectivity index (χ1n) is 9.44. The van der Waals surface area contributed by atoms with Crippen LogP contribution < -0.4 is 21.3 Å². The van der Waals surface area contributed by atoms with E-state index in [9.17, 15) is 9.59 Å². The van der Waals surface area contributed by atoms with Crippen LogP contribution in [-0.2, 0) is 10.2 Å². The first-order valence-corrected chi connectivity index (χ1v) is 9.44. The fourth-order valence-electron chi connectivity index (χ4n) is 2.91. The molecule has 1 aromatic heterocycles. The van der Waals surface area contributed by atoms with Crippen LogP contribution in [0.15, 0.2) is 36.4 Å². The molecule has 0 spiro atoms. The predicted octanol–water partition coefficient (Wildman–Crippen LogP) is 3.02. The lowest BCUT2D eigenvalue weighted by Gasteiger charge is -2.34. The van der Waals surface area contributed by atoms with E-state index in [4.69, 9.17) is 0 Å². The number of hydrogen-bond donors (Lipinski definition) is 4. The van der Waals surface area contributed by atoms with Crippen molar-refractivity contribution >= 4 is 23.4 Å². The Bertz CT molecular complexity index is 855. The van der Waals surface area contributed by atoms with Gasteiger partial charge in [0.25, 0.3) is 0 Å². The summed E-state index contributed by atoms with van der Waals surface area (Å²) >= 11 is 0. The normalized spacial score (nSPS) is 22.5. The van der Waals surface area contributed by atoms with Crippen LogP contribution in [0.2, 0.25) is 0 Å². The number of hydrogen-bond acceptors (Lipinski definition) is 4. The fraction of sp³-hybridized carbons (Fsp3) is 0.450. The highest BCUT2D eigenvalue weighted by Crippen LogP contribution is 2.26. The van der Waals surface area contributed by atoms with E-state index in [0.29, 0.717) is 11.5 Å². The lowest BCUT2D eigenvalue weighted by molar-refractivity contribution is -0.130. The van der Waals surface area contributed by atoms with Gasteiger partial charge in [-0.25, -0.2) is 9.48 Å². The summed E-state index contributed by atoms with van der Waals surface area (Å²) in [6.45, 7) is 9.97. The number of nitrogens with one attached hydrogen (secondary N) is 4. The summed E-state index contributed by atoms with van der Waals surface area (Å²) in [5.74, 6) is 0.299. The summed E-state index contributed by atoms with van der Waals surface area (Å²) < 4.78 is 1.62. The molecular formula is C20H28N6O2. The number of aromatic nitrogens is 2. The second-order valence-corrected chi connectivity index (χ2v) is 8.21. The van der Waals surface area contributed by atoms with Crippen molar-refractivity contribution in [1.82, 2.24) is 20.4 Å². The molecule has 1 fully saturated rings. The van der Waals surface area contributed by atoms with E-state index >= 15 is 0 Å². The molecule has 3 rings (SSSR count). The van der Waals surface area contributed by atoms with Crippen molar-refractivity contribution in [2.24, 2.45) is 5.92 Å². The van der Waals surface area contributed by atoms with Gasteiger partial charge in [-0.3, -0.25) is 15.4 Å². The van der Waals surface area contributed by atoms with E-state index < -0.39 is 6.29 Å². The number of rotatable bonds is 3. The maximum Gasteiger partial charge on any atom is 0.324 e. The molecule has 0 radical (unpaired) electrons. The van der Waals surface area contributed by atoms with E-state index in [-0.39, 0.29) is 29.3 Å². The molecule has 0 bridgehead atoms. The van der Waals surface area contributed by atoms with Crippen molar-refractivity contribution in [1.29, 1.82) is 0 Å². The molecule has 0 aliphatic carbocycles. The smallest absolute Gasteiger partial charge is 0.322 e. The van der Waals surface area contributed by atoms with Crippen LogP contribution in [-0.4, -0.2) is 27.8 Å². The minimum absolute atomic E-state index is 0.0213. The van der Waals surface area contributed by atoms with E-state index in [0.717, 1.165) is 5.69 Å². The van der Waals surface area contributed by atoms with Gasteiger partial charge in [0, 0.05) is 23.2 Å². The van der Waals surface area contributed by atoms with Gasteiger partial charge in [0.05, 0.1) is 11.6 Å². The minimum atomic E-state index is -0.540. The highest BCUT2D eigenvalue weighted by Gasteiger charge is 2.33. The second kappa shape index (κ2) is 7.63. The largest absolute Gasteiger partial charge is 0.324 e. The zero-order valence-corrected chi connectivity index (χ0v) is 16.9. The van der Waals surface area contributed by atoms with Gasteiger partial charge in [-0.2, -0.15) is 5.10 Å². The maximum absolute atomic E-state index is 12.5. The SMILES string of the molecule is CC1NC(n2nc(C(C)(C)C)cc2NC(=O)Nc2ccccc2)NC(=O)C1C. The minimum Gasteiger partial charge on any atom is -0.322 e. The van der Waals surface area contributed by atoms with Gasteiger partial charge in [0.2, 0.25) is 5.91 Å². The standard InChI is InChI=1S/C20H28N6O2/c1-12-13(2)21-18(24-17(12)27)26-16(11-15(25-26)20(3,4)5)23-19(28)22-14-9-7-6-8-10-14/h6-13,18,21H,1-5H3,(H,24,27)(H2,22,23,28). The van der Waals surface area contributed by atoms with Crippen LogP contribution in [0.1, 0.15) is 46.6 Å². The number of anilines is 2. The Labute approximate surface area is 165 Å². The van der Waals surface area contributed by atoms with E-state index in [1.165, 1.54) is 0 Å². The predicted molar refractivity (Wildman–Crippen MR) is 109 cm³/mol. The number of carbonyl (C=O) groups excluding carboxylic acids is 2. The Balaban J connectivity index is 1.86. The van der Waals surface area contributed by atoms with Gasteiger partial charge in [-0.05, 0) is 19.1 Å². The molecule has 2 heterocycles. The third-order valence-electron chi connectivity index (χ3n) is 4.89. The zero-order chi connectivity index (χ0) is 20.5. The van der Waals surface area contributed by atoms with Gasteiger partial charge >= 0.3 is 6.03 Å². The molecule has 8 heteroatoms. The zero-order valence-electron chi connectivity index (χ0n) is 16.9. The lowest BCUT2D eigenvalue weighted by atomic mass is 9.92. The molecule has 4 N–H and O–H groups in total. The molecule has 1 saturated heterocycles. The summed E-state index contributed by atoms with van der Waals surface area (Å²) in [5, 5.41) is 16.6. The number of para-hydroxylation sites is 1. The molecule has 3 amide bonds. The summed E-state index contributed by atoms with van der Waals surface area (Å²) in [7, 11) is 0. The lowest BCUT2D eigenvalue weighted by Crippen LogP contribution is -2.57. The summed E-state index contributed by atoms with van der Waals surface area (Å²) in [5.41, 5.74) is 1.29. The molecule has 8 nitrogen and oxygen atoms in total. The topological polar surface area (TPSA) is 100 Å². The summed E-state index contributed by atoms with van der Waals surface area (Å²) in [6, 6.07) is 10.6. The summed E-state index contributed by atoms with van der Waals surface area (Å²) in [4.78, 5) is 24.8. The Morgan fingerprint density at radius 2 is 1.82 bits per heavy atom. The number of nitrogens with zero attached hydrogens (tertiary/aromatic N) is 2. The molecule has 2 aromatic rings. The first-order chi connectivity index (χ1) is 13.1. The van der Waals surface area contributed by atoms with E-state index in [1.807, 2.05) is 71.0 Å². The average molecular weight is 384 g/mol. The van der Waals surface area contributed by atoms with Crippen LogP contribution in [0.25, 0.3) is 0 Å².